The number of nitro groups is 1. The molecule has 6 nitrogen and oxygen atoms in total. The molecule has 0 spiro atoms. The van der Waals surface area contributed by atoms with Crippen LogP contribution in [0.4, 0.5) is 14.5 Å². The molecule has 1 aromatic heterocycles. The SMILES string of the molecule is CCNCc1nnc(-c2c(F)ccc([N+](=O)[O-])c2F)s1. The number of halogens is 2. The van der Waals surface area contributed by atoms with E-state index in [9.17, 15) is 18.9 Å². The second kappa shape index (κ2) is 5.97. The first kappa shape index (κ1) is 14.4. The van der Waals surface area contributed by atoms with Crippen molar-refractivity contribution in [2.75, 3.05) is 6.54 Å². The molecule has 0 atom stereocenters. The first-order valence-electron chi connectivity index (χ1n) is 5.70. The van der Waals surface area contributed by atoms with Crippen molar-refractivity contribution in [3.63, 3.8) is 0 Å². The van der Waals surface area contributed by atoms with E-state index in [1.807, 2.05) is 6.92 Å². The summed E-state index contributed by atoms with van der Waals surface area (Å²) in [4.78, 5) is 9.76. The largest absolute Gasteiger partial charge is 0.311 e. The molecule has 20 heavy (non-hydrogen) atoms. The number of benzene rings is 1. The highest BCUT2D eigenvalue weighted by molar-refractivity contribution is 7.14. The van der Waals surface area contributed by atoms with Crippen LogP contribution < -0.4 is 5.32 Å². The van der Waals surface area contributed by atoms with Crippen molar-refractivity contribution < 1.29 is 13.7 Å². The second-order valence-electron chi connectivity index (χ2n) is 3.79. The summed E-state index contributed by atoms with van der Waals surface area (Å²) in [5, 5.41) is 21.7. The maximum atomic E-state index is 14.0. The van der Waals surface area contributed by atoms with Crippen LogP contribution in [0.1, 0.15) is 11.9 Å². The van der Waals surface area contributed by atoms with Crippen LogP contribution in [0.5, 0.6) is 0 Å². The lowest BCUT2D eigenvalue weighted by atomic mass is 10.2. The van der Waals surface area contributed by atoms with Gasteiger partial charge in [-0.05, 0) is 12.6 Å². The standard InChI is InChI=1S/C11H10F2N4O2S/c1-2-14-5-8-15-16-11(20-8)9-6(12)3-4-7(10(9)13)17(18)19/h3-4,14H,2,5H2,1H3. The Morgan fingerprint density at radius 2 is 2.15 bits per heavy atom. The molecule has 0 amide bonds. The molecular formula is C11H10F2N4O2S. The van der Waals surface area contributed by atoms with E-state index in [0.29, 0.717) is 18.1 Å². The number of nitrogens with one attached hydrogen (secondary N) is 1. The molecule has 0 unspecified atom stereocenters. The van der Waals surface area contributed by atoms with Gasteiger partial charge in [-0.3, -0.25) is 10.1 Å². The van der Waals surface area contributed by atoms with Gasteiger partial charge in [0, 0.05) is 12.6 Å². The third kappa shape index (κ3) is 2.78. The Kier molecular flexibility index (Phi) is 4.30. The van der Waals surface area contributed by atoms with Gasteiger partial charge in [0.15, 0.2) is 5.01 Å². The van der Waals surface area contributed by atoms with Gasteiger partial charge in [0.2, 0.25) is 5.82 Å². The van der Waals surface area contributed by atoms with Gasteiger partial charge in [0.1, 0.15) is 10.8 Å². The smallest absolute Gasteiger partial charge is 0.305 e. The molecule has 1 N–H and O–H groups in total. The van der Waals surface area contributed by atoms with Crippen LogP contribution in [-0.2, 0) is 6.54 Å². The summed E-state index contributed by atoms with van der Waals surface area (Å²) in [6.45, 7) is 3.04. The molecule has 2 rings (SSSR count). The van der Waals surface area contributed by atoms with Crippen LogP contribution in [-0.4, -0.2) is 21.7 Å². The molecule has 0 aliphatic rings. The Morgan fingerprint density at radius 1 is 1.40 bits per heavy atom. The van der Waals surface area contributed by atoms with Crippen molar-refractivity contribution >= 4 is 17.0 Å². The van der Waals surface area contributed by atoms with Crippen molar-refractivity contribution in [3.05, 3.63) is 38.9 Å². The number of hydrogen-bond donors (Lipinski definition) is 1. The van der Waals surface area contributed by atoms with Crippen molar-refractivity contribution in [1.29, 1.82) is 0 Å². The number of nitrogens with zero attached hydrogens (tertiary/aromatic N) is 3. The summed E-state index contributed by atoms with van der Waals surface area (Å²) >= 11 is 0.987. The quantitative estimate of drug-likeness (QED) is 0.678. The molecule has 0 bridgehead atoms. The molecule has 0 fully saturated rings. The fraction of sp³-hybridized carbons (Fsp3) is 0.273. The van der Waals surface area contributed by atoms with E-state index in [4.69, 9.17) is 0 Å². The molecule has 0 aliphatic carbocycles. The summed E-state index contributed by atoms with van der Waals surface area (Å²) < 4.78 is 27.7. The summed E-state index contributed by atoms with van der Waals surface area (Å²) in [7, 11) is 0. The Morgan fingerprint density at radius 3 is 2.80 bits per heavy atom. The number of hydrogen-bond acceptors (Lipinski definition) is 6. The van der Waals surface area contributed by atoms with Crippen LogP contribution in [0.15, 0.2) is 12.1 Å². The number of nitro benzene ring substituents is 1. The molecule has 0 aliphatic heterocycles. The average Bonchev–Trinajstić information content (AvgIpc) is 2.84. The molecule has 0 saturated carbocycles. The first-order chi connectivity index (χ1) is 9.54. The zero-order valence-electron chi connectivity index (χ0n) is 10.4. The summed E-state index contributed by atoms with van der Waals surface area (Å²) in [5.74, 6) is -2.14. The van der Waals surface area contributed by atoms with E-state index in [-0.39, 0.29) is 5.01 Å². The summed E-state index contributed by atoms with van der Waals surface area (Å²) in [5.41, 5.74) is -1.30. The van der Waals surface area contributed by atoms with Crippen molar-refractivity contribution in [2.45, 2.75) is 13.5 Å². The van der Waals surface area contributed by atoms with Gasteiger partial charge in [-0.2, -0.15) is 4.39 Å². The van der Waals surface area contributed by atoms with Crippen LogP contribution in [0.25, 0.3) is 10.6 Å². The Labute approximate surface area is 116 Å². The zero-order valence-corrected chi connectivity index (χ0v) is 11.2. The minimum Gasteiger partial charge on any atom is -0.311 e. The van der Waals surface area contributed by atoms with Crippen molar-refractivity contribution in [3.8, 4) is 10.6 Å². The molecule has 2 aromatic rings. The van der Waals surface area contributed by atoms with Gasteiger partial charge < -0.3 is 5.32 Å². The van der Waals surface area contributed by atoms with E-state index in [1.165, 1.54) is 0 Å². The lowest BCUT2D eigenvalue weighted by molar-refractivity contribution is -0.387. The highest BCUT2D eigenvalue weighted by Crippen LogP contribution is 2.33. The first-order valence-corrected chi connectivity index (χ1v) is 6.52. The van der Waals surface area contributed by atoms with Crippen LogP contribution >= 0.6 is 11.3 Å². The molecular weight excluding hydrogens is 290 g/mol. The number of rotatable bonds is 5. The third-order valence-corrected chi connectivity index (χ3v) is 3.42. The van der Waals surface area contributed by atoms with E-state index < -0.39 is 27.8 Å². The predicted octanol–water partition coefficient (Wildman–Crippen LogP) is 2.50. The molecule has 9 heteroatoms. The van der Waals surface area contributed by atoms with Gasteiger partial charge in [-0.25, -0.2) is 4.39 Å². The fourth-order valence-corrected chi connectivity index (χ4v) is 2.39. The maximum absolute atomic E-state index is 14.0. The highest BCUT2D eigenvalue weighted by atomic mass is 32.1. The molecule has 0 radical (unpaired) electrons. The van der Waals surface area contributed by atoms with E-state index in [0.717, 1.165) is 23.5 Å². The highest BCUT2D eigenvalue weighted by Gasteiger charge is 2.24. The molecule has 106 valence electrons. The minimum absolute atomic E-state index is 0.0170. The van der Waals surface area contributed by atoms with Gasteiger partial charge in [-0.15, -0.1) is 10.2 Å². The average molecular weight is 300 g/mol. The van der Waals surface area contributed by atoms with E-state index in [2.05, 4.69) is 15.5 Å². The van der Waals surface area contributed by atoms with Crippen LogP contribution in [0.2, 0.25) is 0 Å². The maximum Gasteiger partial charge on any atom is 0.305 e. The topological polar surface area (TPSA) is 81.0 Å². The number of aromatic nitrogens is 2. The third-order valence-electron chi connectivity index (χ3n) is 2.47. The predicted molar refractivity (Wildman–Crippen MR) is 69.3 cm³/mol. The monoisotopic (exact) mass is 300 g/mol. The Bertz CT molecular complexity index is 647. The van der Waals surface area contributed by atoms with E-state index in [1.54, 1.807) is 0 Å². The molecule has 0 saturated heterocycles. The lowest BCUT2D eigenvalue weighted by Gasteiger charge is -2.01. The Hall–Kier alpha value is -2.00. The van der Waals surface area contributed by atoms with Crippen molar-refractivity contribution in [1.82, 2.24) is 15.5 Å². The Balaban J connectivity index is 2.44. The van der Waals surface area contributed by atoms with E-state index >= 15 is 0 Å². The second-order valence-corrected chi connectivity index (χ2v) is 4.86. The zero-order chi connectivity index (χ0) is 14.7. The van der Waals surface area contributed by atoms with Crippen LogP contribution in [0.3, 0.4) is 0 Å². The summed E-state index contributed by atoms with van der Waals surface area (Å²) in [6.07, 6.45) is 0. The summed E-state index contributed by atoms with van der Waals surface area (Å²) in [6, 6.07) is 1.64. The van der Waals surface area contributed by atoms with Gasteiger partial charge in [0.05, 0.1) is 10.5 Å². The van der Waals surface area contributed by atoms with Gasteiger partial charge >= 0.3 is 5.69 Å². The van der Waals surface area contributed by atoms with Gasteiger partial charge in [-0.1, -0.05) is 18.3 Å². The van der Waals surface area contributed by atoms with Crippen molar-refractivity contribution in [2.24, 2.45) is 0 Å². The minimum atomic E-state index is -1.24. The van der Waals surface area contributed by atoms with Gasteiger partial charge in [0.25, 0.3) is 0 Å². The molecule has 1 heterocycles. The molecule has 1 aromatic carbocycles. The van der Waals surface area contributed by atoms with Crippen LogP contribution in [0, 0.1) is 21.7 Å². The fourth-order valence-electron chi connectivity index (χ4n) is 1.54. The lowest BCUT2D eigenvalue weighted by Crippen LogP contribution is -2.11. The normalized spacial score (nSPS) is 10.8.